The summed E-state index contributed by atoms with van der Waals surface area (Å²) in [4.78, 5) is 18.8. The van der Waals surface area contributed by atoms with Gasteiger partial charge in [0.15, 0.2) is 5.65 Å². The Labute approximate surface area is 150 Å². The smallest absolute Gasteiger partial charge is 0.227 e. The molecule has 1 aliphatic rings. The maximum Gasteiger partial charge on any atom is 0.227 e. The molecule has 4 heterocycles. The van der Waals surface area contributed by atoms with Gasteiger partial charge < -0.3 is 15.0 Å². The predicted octanol–water partition coefficient (Wildman–Crippen LogP) is 1.38. The molecule has 3 aromatic heterocycles. The lowest BCUT2D eigenvalue weighted by atomic mass is 9.96. The fourth-order valence-electron chi connectivity index (χ4n) is 3.08. The molecule has 9 heteroatoms. The molecule has 1 saturated heterocycles. The van der Waals surface area contributed by atoms with E-state index >= 15 is 0 Å². The summed E-state index contributed by atoms with van der Waals surface area (Å²) in [5.41, 5.74) is 1.40. The number of carbonyl (C=O) groups is 1. The lowest BCUT2D eigenvalue weighted by molar-refractivity contribution is -0.120. The minimum atomic E-state index is -0.0213. The van der Waals surface area contributed by atoms with Crippen LogP contribution in [-0.2, 0) is 4.79 Å². The van der Waals surface area contributed by atoms with E-state index in [1.807, 2.05) is 12.1 Å². The van der Waals surface area contributed by atoms with Gasteiger partial charge in [0.25, 0.3) is 0 Å². The Morgan fingerprint density at radius 2 is 2.08 bits per heavy atom. The second-order valence-electron chi connectivity index (χ2n) is 6.17. The average molecular weight is 353 g/mol. The van der Waals surface area contributed by atoms with Crippen molar-refractivity contribution < 1.29 is 9.53 Å². The number of aromatic nitrogens is 5. The molecule has 0 unspecified atom stereocenters. The molecule has 1 aliphatic heterocycles. The van der Waals surface area contributed by atoms with Gasteiger partial charge >= 0.3 is 0 Å². The van der Waals surface area contributed by atoms with Crippen LogP contribution in [0.3, 0.4) is 0 Å². The Kier molecular flexibility index (Phi) is 4.34. The van der Waals surface area contributed by atoms with Gasteiger partial charge in [0.05, 0.1) is 19.0 Å². The first-order valence-electron chi connectivity index (χ1n) is 8.46. The Morgan fingerprint density at radius 3 is 2.81 bits per heavy atom. The van der Waals surface area contributed by atoms with Crippen molar-refractivity contribution >= 4 is 23.1 Å². The molecular formula is C17H19N7O2. The first kappa shape index (κ1) is 16.2. The van der Waals surface area contributed by atoms with E-state index < -0.39 is 0 Å². The maximum absolute atomic E-state index is 12.5. The van der Waals surface area contributed by atoms with Crippen molar-refractivity contribution in [2.45, 2.75) is 12.8 Å². The van der Waals surface area contributed by atoms with Crippen LogP contribution in [0.4, 0.5) is 11.5 Å². The topological polar surface area (TPSA) is 97.5 Å². The van der Waals surface area contributed by atoms with E-state index in [1.165, 1.54) is 0 Å². The first-order valence-corrected chi connectivity index (χ1v) is 8.46. The van der Waals surface area contributed by atoms with Gasteiger partial charge in [0.2, 0.25) is 11.8 Å². The largest absolute Gasteiger partial charge is 0.481 e. The zero-order chi connectivity index (χ0) is 17.9. The molecule has 0 saturated carbocycles. The van der Waals surface area contributed by atoms with E-state index in [9.17, 15) is 4.79 Å². The van der Waals surface area contributed by atoms with Crippen LogP contribution in [0.25, 0.3) is 5.65 Å². The number of fused-ring (bicyclic) bond motifs is 1. The number of nitrogens with zero attached hydrogens (tertiary/aromatic N) is 6. The molecule has 0 bridgehead atoms. The molecule has 0 aromatic carbocycles. The van der Waals surface area contributed by atoms with E-state index in [0.29, 0.717) is 11.6 Å². The molecule has 0 radical (unpaired) electrons. The highest BCUT2D eigenvalue weighted by Crippen LogP contribution is 2.23. The van der Waals surface area contributed by atoms with Crippen LogP contribution in [0, 0.1) is 5.92 Å². The van der Waals surface area contributed by atoms with Crippen molar-refractivity contribution in [2.24, 2.45) is 5.92 Å². The van der Waals surface area contributed by atoms with E-state index in [2.05, 4.69) is 30.5 Å². The van der Waals surface area contributed by atoms with Crippen LogP contribution in [0.15, 0.2) is 36.8 Å². The normalized spacial score (nSPS) is 15.2. The number of piperidine rings is 1. The molecular weight excluding hydrogens is 334 g/mol. The van der Waals surface area contributed by atoms with Crippen molar-refractivity contribution in [1.82, 2.24) is 24.8 Å². The van der Waals surface area contributed by atoms with Crippen LogP contribution >= 0.6 is 0 Å². The molecule has 0 aliphatic carbocycles. The summed E-state index contributed by atoms with van der Waals surface area (Å²) in [6.07, 6.45) is 4.74. The zero-order valence-electron chi connectivity index (χ0n) is 14.4. The summed E-state index contributed by atoms with van der Waals surface area (Å²) in [5, 5.41) is 15.2. The van der Waals surface area contributed by atoms with Crippen LogP contribution in [0.2, 0.25) is 0 Å². The van der Waals surface area contributed by atoms with Crippen LogP contribution in [0.5, 0.6) is 5.88 Å². The molecule has 26 heavy (non-hydrogen) atoms. The quantitative estimate of drug-likeness (QED) is 0.757. The highest BCUT2D eigenvalue weighted by Gasteiger charge is 2.26. The van der Waals surface area contributed by atoms with Gasteiger partial charge in [-0.1, -0.05) is 0 Å². The first-order chi connectivity index (χ1) is 12.7. The van der Waals surface area contributed by atoms with Gasteiger partial charge in [0.1, 0.15) is 12.1 Å². The third-order valence-electron chi connectivity index (χ3n) is 4.55. The van der Waals surface area contributed by atoms with Crippen LogP contribution < -0.4 is 15.0 Å². The molecule has 9 nitrogen and oxygen atoms in total. The molecule has 134 valence electrons. The van der Waals surface area contributed by atoms with Gasteiger partial charge in [-0.25, -0.2) is 4.98 Å². The van der Waals surface area contributed by atoms with Crippen molar-refractivity contribution in [3.05, 3.63) is 36.8 Å². The molecule has 3 aromatic rings. The minimum Gasteiger partial charge on any atom is -0.481 e. The number of nitrogens with one attached hydrogen (secondary N) is 1. The highest BCUT2D eigenvalue weighted by molar-refractivity contribution is 5.92. The van der Waals surface area contributed by atoms with Crippen molar-refractivity contribution in [3.63, 3.8) is 0 Å². The summed E-state index contributed by atoms with van der Waals surface area (Å²) in [7, 11) is 1.56. The SMILES string of the molecule is COc1ccc(NC(=O)C2CCN(c3ccc4nncn4n3)CC2)cn1. The minimum absolute atomic E-state index is 0.0213. The van der Waals surface area contributed by atoms with E-state index in [1.54, 1.807) is 36.3 Å². The Balaban J connectivity index is 1.35. The number of rotatable bonds is 4. The Hall–Kier alpha value is -3.23. The maximum atomic E-state index is 12.5. The summed E-state index contributed by atoms with van der Waals surface area (Å²) in [5.74, 6) is 1.40. The number of ether oxygens (including phenoxy) is 1. The van der Waals surface area contributed by atoms with E-state index in [4.69, 9.17) is 4.74 Å². The summed E-state index contributed by atoms with van der Waals surface area (Å²) in [6.45, 7) is 1.55. The standard InChI is InChI=1S/C17H19N7O2/c1-26-16-5-2-13(10-18-16)20-17(25)12-6-8-23(9-7-12)15-4-3-14-21-19-11-24(14)22-15/h2-5,10-12H,6-9H2,1H3,(H,20,25). The lowest BCUT2D eigenvalue weighted by Crippen LogP contribution is -2.38. The number of anilines is 2. The fourth-order valence-corrected chi connectivity index (χ4v) is 3.08. The number of hydrogen-bond donors (Lipinski definition) is 1. The predicted molar refractivity (Wildman–Crippen MR) is 95.1 cm³/mol. The summed E-state index contributed by atoms with van der Waals surface area (Å²) < 4.78 is 6.68. The van der Waals surface area contributed by atoms with Gasteiger partial charge in [-0.2, -0.15) is 4.52 Å². The molecule has 1 amide bonds. The van der Waals surface area contributed by atoms with Gasteiger partial charge in [0, 0.05) is 25.1 Å². The monoisotopic (exact) mass is 353 g/mol. The number of amides is 1. The van der Waals surface area contributed by atoms with Crippen molar-refractivity contribution in [2.75, 3.05) is 30.4 Å². The molecule has 0 atom stereocenters. The number of pyridine rings is 1. The Bertz CT molecular complexity index is 901. The number of carbonyl (C=O) groups excluding carboxylic acids is 1. The van der Waals surface area contributed by atoms with E-state index in [0.717, 1.165) is 37.4 Å². The third-order valence-corrected chi connectivity index (χ3v) is 4.55. The summed E-state index contributed by atoms with van der Waals surface area (Å²) >= 11 is 0. The lowest BCUT2D eigenvalue weighted by Gasteiger charge is -2.31. The van der Waals surface area contributed by atoms with Crippen molar-refractivity contribution in [1.29, 1.82) is 0 Å². The van der Waals surface area contributed by atoms with Crippen molar-refractivity contribution in [3.8, 4) is 5.88 Å². The zero-order valence-corrected chi connectivity index (χ0v) is 14.4. The molecule has 0 spiro atoms. The van der Waals surface area contributed by atoms with Crippen LogP contribution in [0.1, 0.15) is 12.8 Å². The number of hydrogen-bond acceptors (Lipinski definition) is 7. The van der Waals surface area contributed by atoms with E-state index in [-0.39, 0.29) is 11.8 Å². The average Bonchev–Trinajstić information content (AvgIpc) is 3.16. The van der Waals surface area contributed by atoms with Gasteiger partial charge in [-0.15, -0.1) is 15.3 Å². The second kappa shape index (κ2) is 6.95. The fraction of sp³-hybridized carbons (Fsp3) is 0.353. The highest BCUT2D eigenvalue weighted by atomic mass is 16.5. The number of methoxy groups -OCH3 is 1. The summed E-state index contributed by atoms with van der Waals surface area (Å²) in [6, 6.07) is 7.35. The van der Waals surface area contributed by atoms with Gasteiger partial charge in [-0.3, -0.25) is 4.79 Å². The Morgan fingerprint density at radius 1 is 1.23 bits per heavy atom. The molecule has 4 rings (SSSR count). The third kappa shape index (κ3) is 3.28. The van der Waals surface area contributed by atoms with Crippen LogP contribution in [-0.4, -0.2) is 50.9 Å². The molecule has 1 fully saturated rings. The second-order valence-corrected chi connectivity index (χ2v) is 6.17. The van der Waals surface area contributed by atoms with Gasteiger partial charge in [-0.05, 0) is 31.0 Å². The molecule has 1 N–H and O–H groups in total.